The van der Waals surface area contributed by atoms with Crippen molar-refractivity contribution < 1.29 is 4.74 Å². The number of aromatic nitrogens is 1. The number of nitrogen functional groups attached to an aromatic ring is 1. The maximum atomic E-state index is 7.29. The van der Waals surface area contributed by atoms with Gasteiger partial charge in [0.2, 0.25) is 5.88 Å². The van der Waals surface area contributed by atoms with Crippen LogP contribution in [0.3, 0.4) is 0 Å². The van der Waals surface area contributed by atoms with Crippen molar-refractivity contribution in [2.24, 2.45) is 5.73 Å². The first kappa shape index (κ1) is 14.0. The largest absolute Gasteiger partial charge is 0.473 e. The first-order valence-corrected chi connectivity index (χ1v) is 5.24. The second-order valence-corrected chi connectivity index (χ2v) is 3.55. The van der Waals surface area contributed by atoms with Crippen LogP contribution in [0.15, 0.2) is 48.5 Å². The summed E-state index contributed by atoms with van der Waals surface area (Å²) in [5, 5.41) is 7.29. The molecule has 0 amide bonds. The van der Waals surface area contributed by atoms with Crippen LogP contribution in [0.1, 0.15) is 11.3 Å². The first-order chi connectivity index (χ1) is 8.25. The molecule has 0 aliphatic heterocycles. The lowest BCUT2D eigenvalue weighted by atomic mass is 10.2. The van der Waals surface area contributed by atoms with Crippen LogP contribution in [0, 0.1) is 5.41 Å². The highest BCUT2D eigenvalue weighted by molar-refractivity contribution is 5.93. The highest BCUT2D eigenvalue weighted by atomic mass is 35.5. The summed E-state index contributed by atoms with van der Waals surface area (Å²) >= 11 is 0. The normalized spacial score (nSPS) is 9.33. The molecule has 0 spiro atoms. The highest BCUT2D eigenvalue weighted by Crippen LogP contribution is 2.10. The number of pyridine rings is 1. The second kappa shape index (κ2) is 6.61. The Labute approximate surface area is 112 Å². The predicted molar refractivity (Wildman–Crippen MR) is 73.3 cm³/mol. The zero-order chi connectivity index (χ0) is 12.1. The quantitative estimate of drug-likeness (QED) is 0.657. The van der Waals surface area contributed by atoms with Gasteiger partial charge in [0.1, 0.15) is 18.1 Å². The summed E-state index contributed by atoms with van der Waals surface area (Å²) in [6, 6.07) is 15.0. The van der Waals surface area contributed by atoms with Crippen molar-refractivity contribution in [1.82, 2.24) is 4.98 Å². The number of nitrogens with two attached hydrogens (primary N) is 1. The van der Waals surface area contributed by atoms with Gasteiger partial charge < -0.3 is 10.5 Å². The Hall–Kier alpha value is -2.07. The maximum Gasteiger partial charge on any atom is 0.214 e. The molecule has 0 aliphatic rings. The van der Waals surface area contributed by atoms with Crippen LogP contribution in [-0.2, 0) is 6.61 Å². The van der Waals surface area contributed by atoms with Gasteiger partial charge in [-0.2, -0.15) is 0 Å². The van der Waals surface area contributed by atoms with Gasteiger partial charge in [0.15, 0.2) is 0 Å². The Morgan fingerprint density at radius 2 is 1.83 bits per heavy atom. The van der Waals surface area contributed by atoms with E-state index in [0.29, 0.717) is 18.2 Å². The molecule has 0 radical (unpaired) electrons. The summed E-state index contributed by atoms with van der Waals surface area (Å²) in [6.45, 7) is 0.454. The van der Waals surface area contributed by atoms with Gasteiger partial charge in [0.25, 0.3) is 0 Å². The zero-order valence-electron chi connectivity index (χ0n) is 9.67. The van der Waals surface area contributed by atoms with Crippen molar-refractivity contribution in [2.75, 3.05) is 0 Å². The fraction of sp³-hybridized carbons (Fsp3) is 0.0769. The fourth-order valence-electron chi connectivity index (χ4n) is 1.38. The van der Waals surface area contributed by atoms with Crippen LogP contribution in [-0.4, -0.2) is 10.8 Å². The van der Waals surface area contributed by atoms with Gasteiger partial charge in [0, 0.05) is 6.07 Å². The van der Waals surface area contributed by atoms with E-state index in [1.165, 1.54) is 0 Å². The minimum absolute atomic E-state index is 0. The van der Waals surface area contributed by atoms with Crippen LogP contribution < -0.4 is 10.5 Å². The molecular weight excluding hydrogens is 250 g/mol. The second-order valence-electron chi connectivity index (χ2n) is 3.55. The molecule has 3 N–H and O–H groups in total. The average molecular weight is 264 g/mol. The van der Waals surface area contributed by atoms with Gasteiger partial charge in [-0.1, -0.05) is 36.4 Å². The molecule has 2 rings (SSSR count). The van der Waals surface area contributed by atoms with Crippen LogP contribution >= 0.6 is 12.4 Å². The van der Waals surface area contributed by atoms with Gasteiger partial charge in [-0.15, -0.1) is 12.4 Å². The van der Waals surface area contributed by atoms with E-state index < -0.39 is 0 Å². The van der Waals surface area contributed by atoms with Crippen molar-refractivity contribution in [3.05, 3.63) is 59.8 Å². The van der Waals surface area contributed by atoms with Crippen molar-refractivity contribution in [3.8, 4) is 5.88 Å². The predicted octanol–water partition coefficient (Wildman–Crippen LogP) is 2.37. The molecule has 1 heterocycles. The molecule has 18 heavy (non-hydrogen) atoms. The van der Waals surface area contributed by atoms with E-state index in [1.54, 1.807) is 18.2 Å². The lowest BCUT2D eigenvalue weighted by Crippen LogP contribution is -2.13. The fourth-order valence-corrected chi connectivity index (χ4v) is 1.38. The summed E-state index contributed by atoms with van der Waals surface area (Å²) in [5.74, 6) is 0.414. The average Bonchev–Trinajstić information content (AvgIpc) is 2.38. The number of nitrogens with zero attached hydrogens (tertiary/aromatic N) is 1. The van der Waals surface area contributed by atoms with Crippen molar-refractivity contribution in [2.45, 2.75) is 6.61 Å². The Morgan fingerprint density at radius 1 is 1.11 bits per heavy atom. The summed E-state index contributed by atoms with van der Waals surface area (Å²) in [6.07, 6.45) is 0. The van der Waals surface area contributed by atoms with E-state index in [1.807, 2.05) is 30.3 Å². The van der Waals surface area contributed by atoms with E-state index in [4.69, 9.17) is 15.9 Å². The molecule has 0 fully saturated rings. The lowest BCUT2D eigenvalue weighted by Gasteiger charge is -2.06. The van der Waals surface area contributed by atoms with Gasteiger partial charge >= 0.3 is 0 Å². The number of benzene rings is 1. The Morgan fingerprint density at radius 3 is 2.50 bits per heavy atom. The molecule has 4 nitrogen and oxygen atoms in total. The topological polar surface area (TPSA) is 72.0 Å². The minimum Gasteiger partial charge on any atom is -0.473 e. The van der Waals surface area contributed by atoms with Crippen molar-refractivity contribution in [1.29, 1.82) is 5.41 Å². The number of ether oxygens (including phenoxy) is 1. The molecule has 0 aliphatic carbocycles. The van der Waals surface area contributed by atoms with Gasteiger partial charge in [-0.3, -0.25) is 5.41 Å². The van der Waals surface area contributed by atoms with Gasteiger partial charge in [-0.25, -0.2) is 4.98 Å². The van der Waals surface area contributed by atoms with Gasteiger partial charge in [-0.05, 0) is 11.6 Å². The third-order valence-corrected chi connectivity index (χ3v) is 2.23. The van der Waals surface area contributed by atoms with Crippen molar-refractivity contribution >= 4 is 18.2 Å². The van der Waals surface area contributed by atoms with Crippen LogP contribution in [0.4, 0.5) is 0 Å². The molecule has 0 atom stereocenters. The summed E-state index contributed by atoms with van der Waals surface area (Å²) in [7, 11) is 0. The van der Waals surface area contributed by atoms with Crippen LogP contribution in [0.5, 0.6) is 5.88 Å². The minimum atomic E-state index is -0.0600. The van der Waals surface area contributed by atoms with Gasteiger partial charge in [0.05, 0.1) is 0 Å². The Bertz CT molecular complexity index is 517. The Balaban J connectivity index is 0.00000162. The number of amidine groups is 1. The van der Waals surface area contributed by atoms with E-state index >= 15 is 0 Å². The van der Waals surface area contributed by atoms with E-state index in [-0.39, 0.29) is 18.2 Å². The molecule has 0 saturated carbocycles. The standard InChI is InChI=1S/C13H13N3O.ClH/c14-13(15)11-7-4-8-12(16-11)17-9-10-5-2-1-3-6-10;/h1-8H,9H2,(H3,14,15);1H. The molecule has 0 saturated heterocycles. The number of nitrogens with one attached hydrogen (secondary N) is 1. The van der Waals surface area contributed by atoms with E-state index in [9.17, 15) is 0 Å². The first-order valence-electron chi connectivity index (χ1n) is 5.24. The lowest BCUT2D eigenvalue weighted by molar-refractivity contribution is 0.294. The summed E-state index contributed by atoms with van der Waals surface area (Å²) in [5.41, 5.74) is 6.85. The molecular formula is C13H14ClN3O. The summed E-state index contributed by atoms with van der Waals surface area (Å²) in [4.78, 5) is 4.12. The van der Waals surface area contributed by atoms with Crippen LogP contribution in [0.2, 0.25) is 0 Å². The Kier molecular flexibility index (Phi) is 5.14. The molecule has 94 valence electrons. The zero-order valence-corrected chi connectivity index (χ0v) is 10.5. The van der Waals surface area contributed by atoms with E-state index in [0.717, 1.165) is 5.56 Å². The number of hydrogen-bond donors (Lipinski definition) is 2. The molecule has 0 bridgehead atoms. The third-order valence-electron chi connectivity index (χ3n) is 2.23. The summed E-state index contributed by atoms with van der Waals surface area (Å²) < 4.78 is 5.52. The van der Waals surface area contributed by atoms with E-state index in [2.05, 4.69) is 4.98 Å². The number of halogens is 1. The number of hydrogen-bond acceptors (Lipinski definition) is 3. The molecule has 1 aromatic carbocycles. The number of rotatable bonds is 4. The van der Waals surface area contributed by atoms with Crippen molar-refractivity contribution in [3.63, 3.8) is 0 Å². The smallest absolute Gasteiger partial charge is 0.214 e. The molecule has 1 aromatic heterocycles. The van der Waals surface area contributed by atoms with Crippen LogP contribution in [0.25, 0.3) is 0 Å². The SMILES string of the molecule is Cl.N=C(N)c1cccc(OCc2ccccc2)n1. The molecule has 5 heteroatoms. The molecule has 0 unspecified atom stereocenters. The highest BCUT2D eigenvalue weighted by Gasteiger charge is 2.01. The third kappa shape index (κ3) is 3.75. The maximum absolute atomic E-state index is 7.29. The monoisotopic (exact) mass is 263 g/mol. The molecule has 2 aromatic rings.